The number of hydrogen-bond donors (Lipinski definition) is 3. The minimum Gasteiger partial charge on any atom is -0.489 e. The fourth-order valence-electron chi connectivity index (χ4n) is 4.32. The van der Waals surface area contributed by atoms with Crippen LogP contribution in [0.1, 0.15) is 42.3 Å². The van der Waals surface area contributed by atoms with Crippen LogP contribution in [-0.2, 0) is 6.61 Å². The minimum atomic E-state index is -1.33. The lowest BCUT2D eigenvalue weighted by molar-refractivity contribution is 0.0965. The van der Waals surface area contributed by atoms with Crippen molar-refractivity contribution in [1.82, 2.24) is 14.6 Å². The molecule has 0 fully saturated rings. The summed E-state index contributed by atoms with van der Waals surface area (Å²) in [6, 6.07) is 26.4. The number of hydrogen-bond acceptors (Lipinski definition) is 7. The fraction of sp³-hybridized carbons (Fsp3) is 0.188. The van der Waals surface area contributed by atoms with Gasteiger partial charge in [0.25, 0.3) is 5.91 Å². The van der Waals surface area contributed by atoms with Gasteiger partial charge in [-0.15, -0.1) is 5.10 Å². The Labute approximate surface area is 249 Å². The zero-order chi connectivity index (χ0) is 31.1. The van der Waals surface area contributed by atoms with Gasteiger partial charge in [-0.1, -0.05) is 42.5 Å². The van der Waals surface area contributed by atoms with E-state index >= 15 is 0 Å². The molecule has 43 heavy (non-hydrogen) atoms. The lowest BCUT2D eigenvalue weighted by Gasteiger charge is -2.37. The number of primary amides is 1. The van der Waals surface area contributed by atoms with Gasteiger partial charge in [0.1, 0.15) is 23.9 Å². The number of nitrogen functional groups attached to an aromatic ring is 1. The SMILES string of the molecule is Cc1ccc(Oc2ccc3nc(N)cn3n2)cc1N(C(=O)c1cccc(OCc2ccccc2)c1)C(C)(C)C.NC(=O)O. The summed E-state index contributed by atoms with van der Waals surface area (Å²) in [6.45, 7) is 8.42. The monoisotopic (exact) mass is 582 g/mol. The molecule has 0 aliphatic heterocycles. The number of amides is 2. The van der Waals surface area contributed by atoms with Crippen molar-refractivity contribution in [3.63, 3.8) is 0 Å². The predicted molar refractivity (Wildman–Crippen MR) is 165 cm³/mol. The number of nitrogens with zero attached hydrogens (tertiary/aromatic N) is 4. The third kappa shape index (κ3) is 8.00. The Bertz CT molecular complexity index is 1730. The Balaban J connectivity index is 0.000000996. The van der Waals surface area contributed by atoms with E-state index in [4.69, 9.17) is 25.1 Å². The third-order valence-electron chi connectivity index (χ3n) is 6.16. The van der Waals surface area contributed by atoms with Gasteiger partial charge in [0, 0.05) is 23.2 Å². The second-order valence-electron chi connectivity index (χ2n) is 10.6. The molecule has 2 aromatic heterocycles. The van der Waals surface area contributed by atoms with Crippen LogP contribution in [0.15, 0.2) is 91.1 Å². The van der Waals surface area contributed by atoms with E-state index in [0.717, 1.165) is 16.8 Å². The maximum Gasteiger partial charge on any atom is 0.402 e. The molecule has 0 atom stereocenters. The second kappa shape index (κ2) is 12.9. The summed E-state index contributed by atoms with van der Waals surface area (Å²) in [5.74, 6) is 1.81. The van der Waals surface area contributed by atoms with Crippen LogP contribution in [0.2, 0.25) is 0 Å². The standard InChI is InChI=1S/C31H31N5O3.CH3NO2/c1-21-13-14-25(39-29-16-15-28-33-27(32)19-35(28)34-29)18-26(21)36(31(2,3)4)30(37)23-11-8-12-24(17-23)38-20-22-9-6-5-7-10-22;2-1(3)4/h5-19H,20,32H2,1-4H3;2H2,(H,3,4). The van der Waals surface area contributed by atoms with Crippen molar-refractivity contribution < 1.29 is 24.2 Å². The molecule has 0 saturated heterocycles. The van der Waals surface area contributed by atoms with Gasteiger partial charge < -0.3 is 30.9 Å². The first kappa shape index (κ1) is 30.4. The zero-order valence-corrected chi connectivity index (χ0v) is 24.4. The Kier molecular flexibility index (Phi) is 9.14. The van der Waals surface area contributed by atoms with Gasteiger partial charge in [0.2, 0.25) is 5.88 Å². The van der Waals surface area contributed by atoms with Crippen molar-refractivity contribution >= 4 is 29.2 Å². The number of nitrogens with two attached hydrogens (primary N) is 2. The van der Waals surface area contributed by atoms with E-state index in [0.29, 0.717) is 41.0 Å². The van der Waals surface area contributed by atoms with Gasteiger partial charge in [-0.2, -0.15) is 0 Å². The van der Waals surface area contributed by atoms with E-state index in [-0.39, 0.29) is 5.91 Å². The van der Waals surface area contributed by atoms with Crippen LogP contribution in [0.25, 0.3) is 5.65 Å². The number of imidazole rings is 1. The van der Waals surface area contributed by atoms with Crippen LogP contribution < -0.4 is 25.8 Å². The highest BCUT2D eigenvalue weighted by Crippen LogP contribution is 2.34. The number of fused-ring (bicyclic) bond motifs is 1. The molecule has 11 heteroatoms. The predicted octanol–water partition coefficient (Wildman–Crippen LogP) is 6.06. The number of carboxylic acid groups (broad SMARTS) is 1. The Hall–Kier alpha value is -5.58. The van der Waals surface area contributed by atoms with Crippen LogP contribution >= 0.6 is 0 Å². The van der Waals surface area contributed by atoms with E-state index in [1.165, 1.54) is 0 Å². The fourth-order valence-corrected chi connectivity index (χ4v) is 4.32. The Morgan fingerprint density at radius 1 is 0.953 bits per heavy atom. The van der Waals surface area contributed by atoms with Crippen molar-refractivity contribution in [1.29, 1.82) is 0 Å². The number of aryl methyl sites for hydroxylation is 1. The topological polar surface area (TPSA) is 158 Å². The Morgan fingerprint density at radius 2 is 1.67 bits per heavy atom. The van der Waals surface area contributed by atoms with E-state index in [2.05, 4.69) is 15.8 Å². The number of benzene rings is 3. The Morgan fingerprint density at radius 3 is 2.37 bits per heavy atom. The van der Waals surface area contributed by atoms with E-state index in [1.807, 2.05) is 94.4 Å². The molecule has 2 heterocycles. The molecule has 2 amide bonds. The highest BCUT2D eigenvalue weighted by atomic mass is 16.5. The van der Waals surface area contributed by atoms with Crippen molar-refractivity contribution in [3.05, 3.63) is 108 Å². The van der Waals surface area contributed by atoms with Crippen molar-refractivity contribution in [3.8, 4) is 17.4 Å². The molecule has 0 radical (unpaired) electrons. The van der Waals surface area contributed by atoms with Crippen LogP contribution in [0.3, 0.4) is 0 Å². The summed E-state index contributed by atoms with van der Waals surface area (Å²) >= 11 is 0. The van der Waals surface area contributed by atoms with E-state index in [1.54, 1.807) is 33.8 Å². The number of ether oxygens (including phenoxy) is 2. The van der Waals surface area contributed by atoms with Crippen LogP contribution in [0.5, 0.6) is 17.4 Å². The third-order valence-corrected chi connectivity index (χ3v) is 6.16. The van der Waals surface area contributed by atoms with Gasteiger partial charge in [-0.25, -0.2) is 14.3 Å². The second-order valence-corrected chi connectivity index (χ2v) is 10.6. The molecule has 5 N–H and O–H groups in total. The van der Waals surface area contributed by atoms with Crippen molar-refractivity contribution in [2.24, 2.45) is 5.73 Å². The molecule has 0 aliphatic carbocycles. The van der Waals surface area contributed by atoms with E-state index in [9.17, 15) is 4.79 Å². The number of anilines is 2. The molecule has 0 saturated carbocycles. The smallest absolute Gasteiger partial charge is 0.402 e. The van der Waals surface area contributed by atoms with Crippen molar-refractivity contribution in [2.45, 2.75) is 39.8 Å². The number of carbonyl (C=O) groups excluding carboxylic acids is 1. The van der Waals surface area contributed by atoms with E-state index < -0.39 is 11.6 Å². The summed E-state index contributed by atoms with van der Waals surface area (Å²) in [4.78, 5) is 28.7. The van der Waals surface area contributed by atoms with Crippen LogP contribution in [-0.4, -0.2) is 37.2 Å². The van der Waals surface area contributed by atoms with Gasteiger partial charge in [0.05, 0.1) is 11.9 Å². The molecule has 0 unspecified atom stereocenters. The number of rotatable bonds is 7. The summed E-state index contributed by atoms with van der Waals surface area (Å²) in [5.41, 5.74) is 13.2. The molecule has 5 aromatic rings. The van der Waals surface area contributed by atoms with Gasteiger partial charge in [-0.05, 0) is 69.2 Å². The maximum atomic E-state index is 14.0. The maximum absolute atomic E-state index is 14.0. The average Bonchev–Trinajstić information content (AvgIpc) is 3.32. The molecular formula is C32H34N6O5. The number of carbonyl (C=O) groups is 2. The summed E-state index contributed by atoms with van der Waals surface area (Å²) in [6.07, 6.45) is 0.292. The quantitative estimate of drug-likeness (QED) is 0.209. The summed E-state index contributed by atoms with van der Waals surface area (Å²) in [7, 11) is 0. The molecule has 222 valence electrons. The highest BCUT2D eigenvalue weighted by molar-refractivity contribution is 6.07. The lowest BCUT2D eigenvalue weighted by atomic mass is 10.0. The summed E-state index contributed by atoms with van der Waals surface area (Å²) in [5, 5.41) is 11.6. The van der Waals surface area contributed by atoms with Gasteiger partial charge >= 0.3 is 6.09 Å². The average molecular weight is 583 g/mol. The normalized spacial score (nSPS) is 10.9. The molecule has 5 rings (SSSR count). The molecule has 0 bridgehead atoms. The molecule has 3 aromatic carbocycles. The van der Waals surface area contributed by atoms with Crippen molar-refractivity contribution in [2.75, 3.05) is 10.6 Å². The first-order valence-corrected chi connectivity index (χ1v) is 13.4. The van der Waals surface area contributed by atoms with Crippen LogP contribution in [0, 0.1) is 6.92 Å². The molecular weight excluding hydrogens is 548 g/mol. The van der Waals surface area contributed by atoms with Gasteiger partial charge in [-0.3, -0.25) is 4.79 Å². The highest BCUT2D eigenvalue weighted by Gasteiger charge is 2.30. The summed E-state index contributed by atoms with van der Waals surface area (Å²) < 4.78 is 13.6. The zero-order valence-electron chi connectivity index (χ0n) is 24.4. The minimum absolute atomic E-state index is 0.138. The largest absolute Gasteiger partial charge is 0.489 e. The first-order valence-electron chi connectivity index (χ1n) is 13.4. The van der Waals surface area contributed by atoms with Gasteiger partial charge in [0.15, 0.2) is 5.65 Å². The van der Waals surface area contributed by atoms with Crippen LogP contribution in [0.4, 0.5) is 16.3 Å². The molecule has 0 aliphatic rings. The number of aromatic nitrogens is 3. The molecule has 11 nitrogen and oxygen atoms in total. The first-order chi connectivity index (χ1) is 20.4. The lowest BCUT2D eigenvalue weighted by Crippen LogP contribution is -2.46. The molecule has 0 spiro atoms.